The van der Waals surface area contributed by atoms with E-state index in [4.69, 9.17) is 0 Å². The minimum atomic E-state index is -0.534. The standard InChI is InChI=1S/C12H12BrFN2O2/c1-7-11(17)15-2-3-16(7)12(18)8-4-9(13)6-10(14)5-8/h4-7H,2-3H2,1H3,(H,15,17). The predicted molar refractivity (Wildman–Crippen MR) is 67.6 cm³/mol. The van der Waals surface area contributed by atoms with Crippen molar-refractivity contribution >= 4 is 27.7 Å². The maximum Gasteiger partial charge on any atom is 0.254 e. The number of hydrogen-bond donors (Lipinski definition) is 1. The Morgan fingerprint density at radius 3 is 2.89 bits per heavy atom. The summed E-state index contributed by atoms with van der Waals surface area (Å²) in [5, 5.41) is 2.67. The summed E-state index contributed by atoms with van der Waals surface area (Å²) in [7, 11) is 0. The molecular formula is C12H12BrFN2O2. The molecule has 0 bridgehead atoms. The van der Waals surface area contributed by atoms with Crippen molar-refractivity contribution in [2.75, 3.05) is 13.1 Å². The molecular weight excluding hydrogens is 303 g/mol. The SMILES string of the molecule is CC1C(=O)NCCN1C(=O)c1cc(F)cc(Br)c1. The first kappa shape index (κ1) is 13.0. The number of nitrogens with zero attached hydrogens (tertiary/aromatic N) is 1. The molecule has 2 rings (SSSR count). The van der Waals surface area contributed by atoms with Crippen LogP contribution >= 0.6 is 15.9 Å². The smallest absolute Gasteiger partial charge is 0.254 e. The van der Waals surface area contributed by atoms with Gasteiger partial charge in [-0.15, -0.1) is 0 Å². The topological polar surface area (TPSA) is 49.4 Å². The van der Waals surface area contributed by atoms with Gasteiger partial charge in [-0.05, 0) is 25.1 Å². The zero-order valence-corrected chi connectivity index (χ0v) is 11.3. The first-order valence-corrected chi connectivity index (χ1v) is 6.33. The Kier molecular flexibility index (Phi) is 3.65. The number of rotatable bonds is 1. The summed E-state index contributed by atoms with van der Waals surface area (Å²) in [6.45, 7) is 2.51. The summed E-state index contributed by atoms with van der Waals surface area (Å²) >= 11 is 3.14. The molecule has 4 nitrogen and oxygen atoms in total. The van der Waals surface area contributed by atoms with Gasteiger partial charge in [0.05, 0.1) is 0 Å². The van der Waals surface area contributed by atoms with E-state index in [1.165, 1.54) is 17.0 Å². The summed E-state index contributed by atoms with van der Waals surface area (Å²) in [6, 6.07) is 3.47. The van der Waals surface area contributed by atoms with Crippen molar-refractivity contribution in [1.82, 2.24) is 10.2 Å². The molecule has 1 aliphatic rings. The molecule has 1 unspecified atom stereocenters. The van der Waals surface area contributed by atoms with E-state index in [0.29, 0.717) is 17.6 Å². The largest absolute Gasteiger partial charge is 0.353 e. The lowest BCUT2D eigenvalue weighted by atomic mass is 10.1. The summed E-state index contributed by atoms with van der Waals surface area (Å²) < 4.78 is 13.7. The fourth-order valence-electron chi connectivity index (χ4n) is 1.90. The number of carbonyl (C=O) groups excluding carboxylic acids is 2. The maximum absolute atomic E-state index is 13.2. The monoisotopic (exact) mass is 314 g/mol. The number of nitrogens with one attached hydrogen (secondary N) is 1. The fourth-order valence-corrected chi connectivity index (χ4v) is 2.37. The van der Waals surface area contributed by atoms with Gasteiger partial charge < -0.3 is 10.2 Å². The van der Waals surface area contributed by atoms with E-state index in [9.17, 15) is 14.0 Å². The van der Waals surface area contributed by atoms with Crippen LogP contribution in [0.2, 0.25) is 0 Å². The number of amides is 2. The van der Waals surface area contributed by atoms with Crippen LogP contribution in [0.4, 0.5) is 4.39 Å². The highest BCUT2D eigenvalue weighted by atomic mass is 79.9. The summed E-state index contributed by atoms with van der Waals surface area (Å²) in [4.78, 5) is 25.1. The average Bonchev–Trinajstić information content (AvgIpc) is 2.30. The quantitative estimate of drug-likeness (QED) is 0.855. The second kappa shape index (κ2) is 5.06. The maximum atomic E-state index is 13.2. The molecule has 0 saturated carbocycles. The van der Waals surface area contributed by atoms with Gasteiger partial charge in [-0.2, -0.15) is 0 Å². The van der Waals surface area contributed by atoms with Crippen LogP contribution in [0.15, 0.2) is 22.7 Å². The van der Waals surface area contributed by atoms with Gasteiger partial charge in [0.25, 0.3) is 5.91 Å². The molecule has 0 spiro atoms. The molecule has 1 atom stereocenters. The van der Waals surface area contributed by atoms with Crippen molar-refractivity contribution in [3.05, 3.63) is 34.1 Å². The Labute approximate surface area is 112 Å². The molecule has 96 valence electrons. The number of benzene rings is 1. The lowest BCUT2D eigenvalue weighted by molar-refractivity contribution is -0.127. The summed E-state index contributed by atoms with van der Waals surface area (Å²) in [6.07, 6.45) is 0. The van der Waals surface area contributed by atoms with Crippen molar-refractivity contribution in [1.29, 1.82) is 0 Å². The van der Waals surface area contributed by atoms with E-state index in [1.807, 2.05) is 0 Å². The molecule has 1 aliphatic heterocycles. The Morgan fingerprint density at radius 2 is 2.22 bits per heavy atom. The lowest BCUT2D eigenvalue weighted by Crippen LogP contribution is -2.55. The number of hydrogen-bond acceptors (Lipinski definition) is 2. The van der Waals surface area contributed by atoms with Crippen LogP contribution in [-0.4, -0.2) is 35.8 Å². The molecule has 2 amide bonds. The Balaban J connectivity index is 2.27. The van der Waals surface area contributed by atoms with Gasteiger partial charge in [0.1, 0.15) is 11.9 Å². The van der Waals surface area contributed by atoms with Crippen molar-refractivity contribution in [3.63, 3.8) is 0 Å². The van der Waals surface area contributed by atoms with Crippen molar-refractivity contribution in [2.24, 2.45) is 0 Å². The van der Waals surface area contributed by atoms with E-state index in [-0.39, 0.29) is 17.4 Å². The van der Waals surface area contributed by atoms with Crippen LogP contribution in [0.1, 0.15) is 17.3 Å². The van der Waals surface area contributed by atoms with E-state index < -0.39 is 11.9 Å². The normalized spacial score (nSPS) is 19.6. The molecule has 1 saturated heterocycles. The third-order valence-corrected chi connectivity index (χ3v) is 3.33. The van der Waals surface area contributed by atoms with E-state index in [1.54, 1.807) is 13.0 Å². The van der Waals surface area contributed by atoms with Gasteiger partial charge in [0, 0.05) is 23.1 Å². The molecule has 18 heavy (non-hydrogen) atoms. The third kappa shape index (κ3) is 2.53. The molecule has 1 heterocycles. The van der Waals surface area contributed by atoms with Gasteiger partial charge in [-0.1, -0.05) is 15.9 Å². The van der Waals surface area contributed by atoms with Gasteiger partial charge in [-0.25, -0.2) is 4.39 Å². The Bertz CT molecular complexity index is 487. The highest BCUT2D eigenvalue weighted by Gasteiger charge is 2.30. The van der Waals surface area contributed by atoms with Crippen LogP contribution in [0, 0.1) is 5.82 Å². The van der Waals surface area contributed by atoms with Crippen LogP contribution in [-0.2, 0) is 4.79 Å². The highest BCUT2D eigenvalue weighted by Crippen LogP contribution is 2.18. The van der Waals surface area contributed by atoms with Crippen LogP contribution in [0.5, 0.6) is 0 Å². The fraction of sp³-hybridized carbons (Fsp3) is 0.333. The zero-order valence-electron chi connectivity index (χ0n) is 9.74. The first-order chi connectivity index (χ1) is 8.49. The van der Waals surface area contributed by atoms with Crippen molar-refractivity contribution in [3.8, 4) is 0 Å². The van der Waals surface area contributed by atoms with E-state index in [2.05, 4.69) is 21.2 Å². The van der Waals surface area contributed by atoms with E-state index >= 15 is 0 Å². The van der Waals surface area contributed by atoms with Crippen LogP contribution in [0.25, 0.3) is 0 Å². The average molecular weight is 315 g/mol. The number of carbonyl (C=O) groups is 2. The Hall–Kier alpha value is -1.43. The zero-order chi connectivity index (χ0) is 13.3. The second-order valence-corrected chi connectivity index (χ2v) is 5.04. The third-order valence-electron chi connectivity index (χ3n) is 2.87. The van der Waals surface area contributed by atoms with Gasteiger partial charge in [0.15, 0.2) is 0 Å². The van der Waals surface area contributed by atoms with E-state index in [0.717, 1.165) is 0 Å². The minimum absolute atomic E-state index is 0.190. The van der Waals surface area contributed by atoms with Crippen LogP contribution < -0.4 is 5.32 Å². The molecule has 1 fully saturated rings. The molecule has 1 N–H and O–H groups in total. The molecule has 1 aromatic rings. The molecule has 6 heteroatoms. The van der Waals surface area contributed by atoms with Crippen molar-refractivity contribution < 1.29 is 14.0 Å². The molecule has 0 aromatic heterocycles. The van der Waals surface area contributed by atoms with Gasteiger partial charge in [-0.3, -0.25) is 9.59 Å². The summed E-state index contributed by atoms with van der Waals surface area (Å²) in [5.41, 5.74) is 0.239. The Morgan fingerprint density at radius 1 is 1.50 bits per heavy atom. The number of piperazine rings is 1. The van der Waals surface area contributed by atoms with Gasteiger partial charge in [0.2, 0.25) is 5.91 Å². The lowest BCUT2D eigenvalue weighted by Gasteiger charge is -2.32. The summed E-state index contributed by atoms with van der Waals surface area (Å²) in [5.74, 6) is -1.01. The molecule has 0 aliphatic carbocycles. The minimum Gasteiger partial charge on any atom is -0.353 e. The number of halogens is 2. The predicted octanol–water partition coefficient (Wildman–Crippen LogP) is 1.55. The molecule has 1 aromatic carbocycles. The van der Waals surface area contributed by atoms with Crippen molar-refractivity contribution in [2.45, 2.75) is 13.0 Å². The second-order valence-electron chi connectivity index (χ2n) is 4.12. The first-order valence-electron chi connectivity index (χ1n) is 5.54. The van der Waals surface area contributed by atoms with Crippen LogP contribution in [0.3, 0.4) is 0 Å². The highest BCUT2D eigenvalue weighted by molar-refractivity contribution is 9.10. The molecule has 0 radical (unpaired) electrons. The van der Waals surface area contributed by atoms with Gasteiger partial charge >= 0.3 is 0 Å².